The standard InChI is InChI=1S/C17H19N3O5S/c1-18-26(23,24)15-9-7-13(8-10-15)20-16(21)11-19-17(22)12-25-14-5-3-2-4-6-14/h2-10,18H,11-12H2,1H3,(H,19,22)(H,20,21). The Morgan fingerprint density at radius 3 is 2.23 bits per heavy atom. The number of amides is 2. The predicted molar refractivity (Wildman–Crippen MR) is 96.3 cm³/mol. The highest BCUT2D eigenvalue weighted by Gasteiger charge is 2.11. The van der Waals surface area contributed by atoms with Gasteiger partial charge in [0.25, 0.3) is 5.91 Å². The van der Waals surface area contributed by atoms with Crippen molar-refractivity contribution in [2.75, 3.05) is 25.5 Å². The summed E-state index contributed by atoms with van der Waals surface area (Å²) in [5, 5.41) is 4.99. The quantitative estimate of drug-likeness (QED) is 0.628. The molecule has 0 radical (unpaired) electrons. The second kappa shape index (κ2) is 8.97. The maximum Gasteiger partial charge on any atom is 0.258 e. The van der Waals surface area contributed by atoms with Crippen LogP contribution in [0.1, 0.15) is 0 Å². The first-order valence-corrected chi connectivity index (χ1v) is 9.17. The molecule has 2 aromatic carbocycles. The SMILES string of the molecule is CNS(=O)(=O)c1ccc(NC(=O)CNC(=O)COc2ccccc2)cc1. The van der Waals surface area contributed by atoms with E-state index in [2.05, 4.69) is 15.4 Å². The highest BCUT2D eigenvalue weighted by molar-refractivity contribution is 7.89. The van der Waals surface area contributed by atoms with E-state index in [4.69, 9.17) is 4.74 Å². The fourth-order valence-electron chi connectivity index (χ4n) is 1.94. The first-order chi connectivity index (χ1) is 12.4. The average Bonchev–Trinajstić information content (AvgIpc) is 2.66. The Bertz CT molecular complexity index is 852. The van der Waals surface area contributed by atoms with Crippen LogP contribution in [0.3, 0.4) is 0 Å². The minimum atomic E-state index is -3.53. The molecule has 2 amide bonds. The first-order valence-electron chi connectivity index (χ1n) is 7.69. The van der Waals surface area contributed by atoms with Gasteiger partial charge in [-0.2, -0.15) is 0 Å². The zero-order valence-electron chi connectivity index (χ0n) is 14.1. The van der Waals surface area contributed by atoms with E-state index in [0.717, 1.165) is 0 Å². The summed E-state index contributed by atoms with van der Waals surface area (Å²) in [6.07, 6.45) is 0. The number of benzene rings is 2. The van der Waals surface area contributed by atoms with E-state index in [1.807, 2.05) is 6.07 Å². The number of carbonyl (C=O) groups is 2. The van der Waals surface area contributed by atoms with Crippen molar-refractivity contribution in [3.63, 3.8) is 0 Å². The molecule has 8 nitrogen and oxygen atoms in total. The summed E-state index contributed by atoms with van der Waals surface area (Å²) in [4.78, 5) is 23.6. The van der Waals surface area contributed by atoms with Crippen LogP contribution in [-0.2, 0) is 19.6 Å². The lowest BCUT2D eigenvalue weighted by Crippen LogP contribution is -2.35. The number of rotatable bonds is 8. The number of para-hydroxylation sites is 1. The zero-order chi connectivity index (χ0) is 19.0. The summed E-state index contributed by atoms with van der Waals surface area (Å²) in [6, 6.07) is 14.5. The number of nitrogens with one attached hydrogen (secondary N) is 3. The Hall–Kier alpha value is -2.91. The van der Waals surface area contributed by atoms with Crippen molar-refractivity contribution in [1.29, 1.82) is 0 Å². The van der Waals surface area contributed by atoms with Crippen molar-refractivity contribution in [1.82, 2.24) is 10.0 Å². The maximum absolute atomic E-state index is 11.8. The molecule has 0 aliphatic carbocycles. The van der Waals surface area contributed by atoms with Crippen molar-refractivity contribution in [2.24, 2.45) is 0 Å². The van der Waals surface area contributed by atoms with Crippen molar-refractivity contribution >= 4 is 27.5 Å². The van der Waals surface area contributed by atoms with Crippen LogP contribution in [-0.4, -0.2) is 40.4 Å². The molecule has 2 rings (SSSR count). The molecule has 0 saturated carbocycles. The Labute approximate surface area is 151 Å². The summed E-state index contributed by atoms with van der Waals surface area (Å²) >= 11 is 0. The lowest BCUT2D eigenvalue weighted by molar-refractivity contribution is -0.125. The van der Waals surface area contributed by atoms with Crippen molar-refractivity contribution in [3.05, 3.63) is 54.6 Å². The molecule has 9 heteroatoms. The first kappa shape index (κ1) is 19.4. The third kappa shape index (κ3) is 5.87. The van der Waals surface area contributed by atoms with Gasteiger partial charge in [0.1, 0.15) is 5.75 Å². The van der Waals surface area contributed by atoms with Crippen molar-refractivity contribution < 1.29 is 22.7 Å². The summed E-state index contributed by atoms with van der Waals surface area (Å²) in [7, 11) is -2.21. The Morgan fingerprint density at radius 1 is 0.962 bits per heavy atom. The zero-order valence-corrected chi connectivity index (χ0v) is 14.9. The van der Waals surface area contributed by atoms with E-state index < -0.39 is 21.8 Å². The van der Waals surface area contributed by atoms with Gasteiger partial charge in [-0.25, -0.2) is 13.1 Å². The Kier molecular flexibility index (Phi) is 6.70. The number of carbonyl (C=O) groups excluding carboxylic acids is 2. The van der Waals surface area contributed by atoms with E-state index in [1.165, 1.54) is 31.3 Å². The van der Waals surface area contributed by atoms with Crippen LogP contribution in [0.15, 0.2) is 59.5 Å². The molecule has 0 heterocycles. The summed E-state index contributed by atoms with van der Waals surface area (Å²) in [5.74, 6) is -0.314. The van der Waals surface area contributed by atoms with Crippen LogP contribution >= 0.6 is 0 Å². The van der Waals surface area contributed by atoms with Crippen LogP contribution in [0.4, 0.5) is 5.69 Å². The normalized spacial score (nSPS) is 10.8. The highest BCUT2D eigenvalue weighted by atomic mass is 32.2. The van der Waals surface area contributed by atoms with Gasteiger partial charge in [0.15, 0.2) is 6.61 Å². The van der Waals surface area contributed by atoms with E-state index >= 15 is 0 Å². The topological polar surface area (TPSA) is 114 Å². The Morgan fingerprint density at radius 2 is 1.62 bits per heavy atom. The molecule has 138 valence electrons. The number of ether oxygens (including phenoxy) is 1. The van der Waals surface area contributed by atoms with Crippen LogP contribution in [0.5, 0.6) is 5.75 Å². The van der Waals surface area contributed by atoms with Gasteiger partial charge in [-0.15, -0.1) is 0 Å². The summed E-state index contributed by atoms with van der Waals surface area (Å²) in [5.41, 5.74) is 0.417. The number of anilines is 1. The van der Waals surface area contributed by atoms with E-state index in [0.29, 0.717) is 11.4 Å². The number of sulfonamides is 1. The lowest BCUT2D eigenvalue weighted by Gasteiger charge is -2.09. The minimum absolute atomic E-state index is 0.0874. The molecular formula is C17H19N3O5S. The van der Waals surface area contributed by atoms with Gasteiger partial charge in [-0.05, 0) is 43.4 Å². The predicted octanol–water partition coefficient (Wildman–Crippen LogP) is 0.728. The second-order valence-corrected chi connectivity index (χ2v) is 7.05. The molecule has 0 aromatic heterocycles. The van der Waals surface area contributed by atoms with Crippen molar-refractivity contribution in [3.8, 4) is 5.75 Å². The third-order valence-corrected chi connectivity index (χ3v) is 4.71. The van der Waals surface area contributed by atoms with Gasteiger partial charge in [0, 0.05) is 5.69 Å². The monoisotopic (exact) mass is 377 g/mol. The van der Waals surface area contributed by atoms with Crippen LogP contribution in [0.2, 0.25) is 0 Å². The lowest BCUT2D eigenvalue weighted by atomic mass is 10.3. The fraction of sp³-hybridized carbons (Fsp3) is 0.176. The van der Waals surface area contributed by atoms with Gasteiger partial charge in [-0.1, -0.05) is 18.2 Å². The van der Waals surface area contributed by atoms with Crippen LogP contribution in [0, 0.1) is 0 Å². The van der Waals surface area contributed by atoms with E-state index in [1.54, 1.807) is 24.3 Å². The van der Waals surface area contributed by atoms with E-state index in [9.17, 15) is 18.0 Å². The molecule has 0 saturated heterocycles. The molecule has 0 aliphatic heterocycles. The highest BCUT2D eigenvalue weighted by Crippen LogP contribution is 2.13. The fourth-order valence-corrected chi connectivity index (χ4v) is 2.67. The Balaban J connectivity index is 1.77. The molecule has 0 unspecified atom stereocenters. The van der Waals surface area contributed by atoms with Crippen LogP contribution < -0.4 is 20.1 Å². The largest absolute Gasteiger partial charge is 0.484 e. The maximum atomic E-state index is 11.8. The molecule has 2 aromatic rings. The third-order valence-electron chi connectivity index (χ3n) is 3.28. The van der Waals surface area contributed by atoms with Crippen LogP contribution in [0.25, 0.3) is 0 Å². The minimum Gasteiger partial charge on any atom is -0.484 e. The number of hydrogen-bond donors (Lipinski definition) is 3. The van der Waals surface area contributed by atoms with Crippen molar-refractivity contribution in [2.45, 2.75) is 4.90 Å². The molecule has 0 atom stereocenters. The molecule has 3 N–H and O–H groups in total. The number of hydrogen-bond acceptors (Lipinski definition) is 5. The molecular weight excluding hydrogens is 358 g/mol. The molecule has 0 aliphatic rings. The molecule has 0 bridgehead atoms. The smallest absolute Gasteiger partial charge is 0.258 e. The average molecular weight is 377 g/mol. The second-order valence-electron chi connectivity index (χ2n) is 5.16. The molecule has 0 spiro atoms. The summed E-state index contributed by atoms with van der Waals surface area (Å²) in [6.45, 7) is -0.429. The van der Waals surface area contributed by atoms with Gasteiger partial charge < -0.3 is 15.4 Å². The summed E-state index contributed by atoms with van der Waals surface area (Å²) < 4.78 is 30.7. The van der Waals surface area contributed by atoms with Gasteiger partial charge >= 0.3 is 0 Å². The molecule has 0 fully saturated rings. The van der Waals surface area contributed by atoms with Gasteiger partial charge in [0.2, 0.25) is 15.9 Å². The van der Waals surface area contributed by atoms with E-state index in [-0.39, 0.29) is 18.0 Å². The molecule has 26 heavy (non-hydrogen) atoms. The van der Waals surface area contributed by atoms with Gasteiger partial charge in [-0.3, -0.25) is 9.59 Å². The van der Waals surface area contributed by atoms with Gasteiger partial charge in [0.05, 0.1) is 11.4 Å².